The van der Waals surface area contributed by atoms with Crippen LogP contribution in [0.2, 0.25) is 5.02 Å². The van der Waals surface area contributed by atoms with Crippen LogP contribution in [0.3, 0.4) is 0 Å². The van der Waals surface area contributed by atoms with Crippen LogP contribution >= 0.6 is 11.6 Å². The summed E-state index contributed by atoms with van der Waals surface area (Å²) in [4.78, 5) is 18.6. The minimum Gasteiger partial charge on any atom is -0.441 e. The van der Waals surface area contributed by atoms with Crippen molar-refractivity contribution < 1.29 is 9.21 Å². The third-order valence-electron chi connectivity index (χ3n) is 3.68. The molecule has 122 valence electrons. The largest absolute Gasteiger partial charge is 0.441 e. The molecule has 0 bridgehead atoms. The van der Waals surface area contributed by atoms with Gasteiger partial charge in [0, 0.05) is 24.2 Å². The Bertz CT molecular complexity index is 859. The van der Waals surface area contributed by atoms with E-state index in [2.05, 4.69) is 4.98 Å². The normalized spacial score (nSPS) is 10.6. The lowest BCUT2D eigenvalue weighted by Crippen LogP contribution is -2.27. The number of halogens is 1. The molecule has 0 aliphatic heterocycles. The first-order valence-electron chi connectivity index (χ1n) is 7.57. The van der Waals surface area contributed by atoms with Gasteiger partial charge in [-0.3, -0.25) is 4.79 Å². The molecule has 0 N–H and O–H groups in total. The van der Waals surface area contributed by atoms with Crippen LogP contribution in [0.1, 0.15) is 21.8 Å². The van der Waals surface area contributed by atoms with Gasteiger partial charge in [0.05, 0.1) is 0 Å². The van der Waals surface area contributed by atoms with Gasteiger partial charge in [-0.15, -0.1) is 0 Å². The van der Waals surface area contributed by atoms with E-state index in [1.807, 2.05) is 48.5 Å². The van der Waals surface area contributed by atoms with Crippen LogP contribution in [0, 0.1) is 6.92 Å². The lowest BCUT2D eigenvalue weighted by molar-refractivity contribution is 0.0778. The van der Waals surface area contributed by atoms with Gasteiger partial charge in [-0.25, -0.2) is 4.98 Å². The Kier molecular flexibility index (Phi) is 4.67. The molecule has 0 atom stereocenters. The Morgan fingerprint density at radius 1 is 1.17 bits per heavy atom. The van der Waals surface area contributed by atoms with Crippen molar-refractivity contribution in [2.24, 2.45) is 0 Å². The molecular formula is C19H17ClN2O2. The van der Waals surface area contributed by atoms with Crippen LogP contribution in [-0.2, 0) is 6.54 Å². The number of hydrogen-bond donors (Lipinski definition) is 0. The number of benzene rings is 2. The van der Waals surface area contributed by atoms with Gasteiger partial charge >= 0.3 is 0 Å². The maximum absolute atomic E-state index is 12.7. The highest BCUT2D eigenvalue weighted by atomic mass is 35.5. The van der Waals surface area contributed by atoms with E-state index in [1.54, 1.807) is 24.9 Å². The highest BCUT2D eigenvalue weighted by Gasteiger charge is 2.21. The van der Waals surface area contributed by atoms with Gasteiger partial charge < -0.3 is 9.32 Å². The maximum Gasteiger partial charge on any atom is 0.276 e. The Morgan fingerprint density at radius 2 is 1.92 bits per heavy atom. The predicted octanol–water partition coefficient (Wildman–Crippen LogP) is 4.58. The first kappa shape index (κ1) is 16.3. The summed E-state index contributed by atoms with van der Waals surface area (Å²) in [5.41, 5.74) is 2.14. The molecule has 0 saturated carbocycles. The fraction of sp³-hybridized carbons (Fsp3) is 0.158. The zero-order valence-corrected chi connectivity index (χ0v) is 14.2. The number of aryl methyl sites for hydroxylation is 1. The van der Waals surface area contributed by atoms with Gasteiger partial charge in [0.15, 0.2) is 5.69 Å². The minimum absolute atomic E-state index is 0.182. The van der Waals surface area contributed by atoms with Crippen molar-refractivity contribution in [2.75, 3.05) is 7.05 Å². The van der Waals surface area contributed by atoms with E-state index < -0.39 is 0 Å². The van der Waals surface area contributed by atoms with Crippen LogP contribution in [0.4, 0.5) is 0 Å². The van der Waals surface area contributed by atoms with Gasteiger partial charge in [-0.05, 0) is 36.8 Å². The van der Waals surface area contributed by atoms with Crippen LogP contribution in [0.25, 0.3) is 11.5 Å². The highest BCUT2D eigenvalue weighted by molar-refractivity contribution is 6.30. The summed E-state index contributed by atoms with van der Waals surface area (Å²) in [6.07, 6.45) is 0. The predicted molar refractivity (Wildman–Crippen MR) is 93.9 cm³/mol. The monoisotopic (exact) mass is 340 g/mol. The van der Waals surface area contributed by atoms with E-state index in [0.717, 1.165) is 11.1 Å². The molecule has 3 rings (SSSR count). The Morgan fingerprint density at radius 3 is 2.62 bits per heavy atom. The summed E-state index contributed by atoms with van der Waals surface area (Å²) in [5.74, 6) is 0.780. The third kappa shape index (κ3) is 3.49. The lowest BCUT2D eigenvalue weighted by atomic mass is 10.2. The molecular weight excluding hydrogens is 324 g/mol. The molecule has 0 fully saturated rings. The number of oxazole rings is 1. The van der Waals surface area contributed by atoms with Crippen LogP contribution in [0.5, 0.6) is 0 Å². The Hall–Kier alpha value is -2.59. The zero-order chi connectivity index (χ0) is 17.1. The van der Waals surface area contributed by atoms with E-state index in [4.69, 9.17) is 16.0 Å². The smallest absolute Gasteiger partial charge is 0.276 e. The second-order valence-electron chi connectivity index (χ2n) is 5.58. The average molecular weight is 341 g/mol. The molecule has 0 saturated heterocycles. The minimum atomic E-state index is -0.182. The molecule has 0 aliphatic rings. The highest BCUT2D eigenvalue weighted by Crippen LogP contribution is 2.22. The molecule has 4 nitrogen and oxygen atoms in total. The molecule has 0 unspecified atom stereocenters. The quantitative estimate of drug-likeness (QED) is 0.698. The number of hydrogen-bond acceptors (Lipinski definition) is 3. The molecule has 0 aliphatic carbocycles. The van der Waals surface area contributed by atoms with Gasteiger partial charge in [-0.1, -0.05) is 41.9 Å². The first-order valence-corrected chi connectivity index (χ1v) is 7.95. The number of nitrogens with zero attached hydrogens (tertiary/aromatic N) is 2. The standard InChI is InChI=1S/C19H17ClN2O2/c1-13-17(21-18(24-13)15-8-4-3-5-9-15)19(23)22(2)12-14-7-6-10-16(20)11-14/h3-11H,12H2,1-2H3. The number of carbonyl (C=O) groups is 1. The van der Waals surface area contributed by atoms with Crippen molar-refractivity contribution in [1.82, 2.24) is 9.88 Å². The van der Waals surface area contributed by atoms with Crippen molar-refractivity contribution in [3.8, 4) is 11.5 Å². The van der Waals surface area contributed by atoms with E-state index in [9.17, 15) is 4.79 Å². The Balaban J connectivity index is 1.81. The number of aromatic nitrogens is 1. The van der Waals surface area contributed by atoms with Gasteiger partial charge in [0.25, 0.3) is 5.91 Å². The fourth-order valence-electron chi connectivity index (χ4n) is 2.46. The average Bonchev–Trinajstić information content (AvgIpc) is 2.97. The topological polar surface area (TPSA) is 46.3 Å². The van der Waals surface area contributed by atoms with E-state index in [-0.39, 0.29) is 5.91 Å². The second kappa shape index (κ2) is 6.89. The maximum atomic E-state index is 12.7. The van der Waals surface area contributed by atoms with Crippen molar-refractivity contribution in [2.45, 2.75) is 13.5 Å². The van der Waals surface area contributed by atoms with Crippen molar-refractivity contribution >= 4 is 17.5 Å². The molecule has 3 aromatic rings. The molecule has 2 aromatic carbocycles. The second-order valence-corrected chi connectivity index (χ2v) is 6.02. The SMILES string of the molecule is Cc1oc(-c2ccccc2)nc1C(=O)N(C)Cc1cccc(Cl)c1. The molecule has 0 radical (unpaired) electrons. The van der Waals surface area contributed by atoms with Crippen molar-refractivity contribution in [3.05, 3.63) is 76.6 Å². The first-order chi connectivity index (χ1) is 11.5. The van der Waals surface area contributed by atoms with Gasteiger partial charge in [-0.2, -0.15) is 0 Å². The summed E-state index contributed by atoms with van der Waals surface area (Å²) >= 11 is 5.99. The van der Waals surface area contributed by atoms with Crippen LogP contribution in [-0.4, -0.2) is 22.8 Å². The Labute approximate surface area is 145 Å². The molecule has 1 heterocycles. The van der Waals surface area contributed by atoms with Gasteiger partial charge in [0.2, 0.25) is 5.89 Å². The number of rotatable bonds is 4. The molecule has 24 heavy (non-hydrogen) atoms. The third-order valence-corrected chi connectivity index (χ3v) is 3.91. The van der Waals surface area contributed by atoms with Crippen molar-refractivity contribution in [1.29, 1.82) is 0 Å². The zero-order valence-electron chi connectivity index (χ0n) is 13.5. The van der Waals surface area contributed by atoms with Crippen molar-refractivity contribution in [3.63, 3.8) is 0 Å². The lowest BCUT2D eigenvalue weighted by Gasteiger charge is -2.16. The van der Waals surface area contributed by atoms with Gasteiger partial charge in [0.1, 0.15) is 5.76 Å². The summed E-state index contributed by atoms with van der Waals surface area (Å²) < 4.78 is 5.66. The summed E-state index contributed by atoms with van der Waals surface area (Å²) in [5, 5.41) is 0.650. The summed E-state index contributed by atoms with van der Waals surface area (Å²) in [6.45, 7) is 2.20. The molecule has 1 amide bonds. The van der Waals surface area contributed by atoms with E-state index in [1.165, 1.54) is 0 Å². The van der Waals surface area contributed by atoms with E-state index >= 15 is 0 Å². The number of amides is 1. The summed E-state index contributed by atoms with van der Waals surface area (Å²) in [6, 6.07) is 17.0. The van der Waals surface area contributed by atoms with Crippen LogP contribution in [0.15, 0.2) is 59.0 Å². The van der Waals surface area contributed by atoms with Crippen LogP contribution < -0.4 is 0 Å². The van der Waals surface area contributed by atoms with E-state index in [0.29, 0.717) is 28.9 Å². The molecule has 5 heteroatoms. The molecule has 1 aromatic heterocycles. The summed E-state index contributed by atoms with van der Waals surface area (Å²) in [7, 11) is 1.74. The fourth-order valence-corrected chi connectivity index (χ4v) is 2.67. The number of carbonyl (C=O) groups excluding carboxylic acids is 1. The molecule has 0 spiro atoms.